The molecule has 2 saturated carbocycles. The monoisotopic (exact) mass is 1040 g/mol. The van der Waals surface area contributed by atoms with Crippen LogP contribution < -0.4 is 21.3 Å². The fraction of sp³-hybridized carbons (Fsp3) is 0.608. The van der Waals surface area contributed by atoms with Gasteiger partial charge in [-0.3, -0.25) is 9.97 Å². The Labute approximate surface area is 434 Å². The van der Waals surface area contributed by atoms with E-state index in [1.165, 1.54) is 11.3 Å². The normalized spacial score (nSPS) is 24.6. The Kier molecular flexibility index (Phi) is 15.9. The van der Waals surface area contributed by atoms with Crippen molar-refractivity contribution in [2.24, 2.45) is 11.8 Å². The molecule has 7 heterocycles. The molecule has 3 aliphatic rings. The topological polar surface area (TPSA) is 269 Å². The Hall–Kier alpha value is -4.88. The van der Waals surface area contributed by atoms with Crippen molar-refractivity contribution in [2.75, 3.05) is 48.7 Å². The van der Waals surface area contributed by atoms with Gasteiger partial charge in [0.1, 0.15) is 44.9 Å². The van der Waals surface area contributed by atoms with Gasteiger partial charge in [-0.25, -0.2) is 19.9 Å². The lowest BCUT2D eigenvalue weighted by Gasteiger charge is -2.31. The van der Waals surface area contributed by atoms with Crippen LogP contribution in [0.4, 0.5) is 23.5 Å². The van der Waals surface area contributed by atoms with Crippen molar-refractivity contribution >= 4 is 66.6 Å². The maximum absolute atomic E-state index is 11.0. The number of nitrogens with one attached hydrogen (secondary N) is 4. The Bertz CT molecular complexity index is 2910. The third kappa shape index (κ3) is 11.8. The Morgan fingerprint density at radius 2 is 1.08 bits per heavy atom. The van der Waals surface area contributed by atoms with Gasteiger partial charge in [0.15, 0.2) is 5.79 Å². The van der Waals surface area contributed by atoms with E-state index in [0.717, 1.165) is 58.7 Å². The van der Waals surface area contributed by atoms with Crippen molar-refractivity contribution in [3.05, 3.63) is 47.3 Å². The number of aryl methyl sites for hydroxylation is 4. The molecule has 0 bridgehead atoms. The molecule has 8 N–H and O–H groups in total. The van der Waals surface area contributed by atoms with Crippen LogP contribution in [0.2, 0.25) is 0 Å². The molecule has 0 aromatic carbocycles. The van der Waals surface area contributed by atoms with Gasteiger partial charge in [-0.15, -0.1) is 22.7 Å². The number of aliphatic hydroxyl groups excluding tert-OH is 2. The summed E-state index contributed by atoms with van der Waals surface area (Å²) < 4.78 is 25.2. The van der Waals surface area contributed by atoms with Crippen LogP contribution in [-0.2, 0) is 18.9 Å². The highest BCUT2D eigenvalue weighted by Gasteiger charge is 2.57. The fourth-order valence-corrected chi connectivity index (χ4v) is 12.5. The summed E-state index contributed by atoms with van der Waals surface area (Å²) in [6.07, 6.45) is 2.01. The second-order valence-electron chi connectivity index (χ2n) is 21.3. The average Bonchev–Trinajstić information content (AvgIpc) is 4.10. The minimum atomic E-state index is -1.14. The zero-order chi connectivity index (χ0) is 52.9. The van der Waals surface area contributed by atoms with E-state index >= 15 is 0 Å². The van der Waals surface area contributed by atoms with E-state index < -0.39 is 41.2 Å². The lowest BCUT2D eigenvalue weighted by Crippen LogP contribution is -2.40. The Balaban J connectivity index is 0.000000196. The highest BCUT2D eigenvalue weighted by molar-refractivity contribution is 7.22. The van der Waals surface area contributed by atoms with Gasteiger partial charge in [0.25, 0.3) is 0 Å². The number of hydrogen-bond donors (Lipinski definition) is 8. The molecule has 73 heavy (non-hydrogen) atoms. The van der Waals surface area contributed by atoms with Crippen LogP contribution >= 0.6 is 22.7 Å². The number of fused-ring (bicyclic) bond motifs is 3. The average molecular weight is 1050 g/mol. The number of thiazole rings is 2. The second-order valence-corrected chi connectivity index (χ2v) is 23.3. The molecule has 2 aliphatic carbocycles. The molecule has 0 amide bonds. The molecule has 6 aromatic heterocycles. The van der Waals surface area contributed by atoms with E-state index in [2.05, 4.69) is 36.2 Å². The smallest absolute Gasteiger partial charge is 0.225 e. The minimum Gasteiger partial charge on any atom is -0.390 e. The lowest BCUT2D eigenvalue weighted by atomic mass is 9.87. The number of nitrogens with zero attached hydrogens (tertiary/aromatic N) is 8. The molecule has 22 heteroatoms. The fourth-order valence-electron chi connectivity index (χ4n) is 10.2. The largest absolute Gasteiger partial charge is 0.390 e. The van der Waals surface area contributed by atoms with Gasteiger partial charge in [0, 0.05) is 50.5 Å². The highest BCUT2D eigenvalue weighted by atomic mass is 32.1. The van der Waals surface area contributed by atoms with Crippen LogP contribution in [-0.4, -0.2) is 153 Å². The number of anilines is 4. The first-order valence-corrected chi connectivity index (χ1v) is 26.4. The van der Waals surface area contributed by atoms with Crippen molar-refractivity contribution in [2.45, 2.75) is 161 Å². The Morgan fingerprint density at radius 1 is 0.644 bits per heavy atom. The molecule has 0 spiro atoms. The van der Waals surface area contributed by atoms with Crippen LogP contribution in [0.5, 0.6) is 0 Å². The molecule has 9 rings (SSSR count). The third-order valence-corrected chi connectivity index (χ3v) is 15.9. The number of rotatable bonds is 16. The summed E-state index contributed by atoms with van der Waals surface area (Å²) in [5.41, 5.74) is 4.46. The van der Waals surface area contributed by atoms with Gasteiger partial charge in [-0.05, 0) is 108 Å². The third-order valence-electron chi connectivity index (χ3n) is 13.8. The van der Waals surface area contributed by atoms with Crippen LogP contribution in [0.3, 0.4) is 0 Å². The molecule has 396 valence electrons. The van der Waals surface area contributed by atoms with E-state index in [0.29, 0.717) is 55.3 Å². The molecule has 1 saturated heterocycles. The van der Waals surface area contributed by atoms with Gasteiger partial charge in [0.2, 0.25) is 11.9 Å². The van der Waals surface area contributed by atoms with Crippen LogP contribution in [0, 0.1) is 39.5 Å². The molecule has 0 radical (unpaired) electrons. The maximum Gasteiger partial charge on any atom is 0.225 e. The number of methoxy groups -OCH3 is 2. The SMILES string of the molecule is COC[C@@H](C)Nc1nc(C)c(-c2nc3c(C)nccc3s2)c(N[C@@H]2C[C@H](C(C)(C)O)[C@@H](O)[C@H]2O)n1.COC[C@@H](C)Nc1nc(C)c(-c2nc3c(C)nccc3s2)c(N[C@@H]2C[C@H](C(C)(C)O)[C@H]3OC(C)(C)O[C@H]32)n1. The molecular weight excluding hydrogens is 973 g/mol. The summed E-state index contributed by atoms with van der Waals surface area (Å²) >= 11 is 3.12. The van der Waals surface area contributed by atoms with Gasteiger partial charge in [0.05, 0.1) is 92.0 Å². The summed E-state index contributed by atoms with van der Waals surface area (Å²) in [5, 5.41) is 58.1. The van der Waals surface area contributed by atoms with Crippen LogP contribution in [0.25, 0.3) is 41.6 Å². The van der Waals surface area contributed by atoms with Gasteiger partial charge in [-0.2, -0.15) is 9.97 Å². The molecule has 0 unspecified atom stereocenters. The first-order chi connectivity index (χ1) is 34.3. The van der Waals surface area contributed by atoms with Crippen LogP contribution in [0.15, 0.2) is 24.5 Å². The van der Waals surface area contributed by atoms with Crippen LogP contribution in [0.1, 0.15) is 91.0 Å². The summed E-state index contributed by atoms with van der Waals surface area (Å²) in [6.45, 7) is 23.6. The maximum atomic E-state index is 11.0. The highest BCUT2D eigenvalue weighted by Crippen LogP contribution is 2.48. The summed E-state index contributed by atoms with van der Waals surface area (Å²) in [7, 11) is 3.31. The predicted molar refractivity (Wildman–Crippen MR) is 285 cm³/mol. The molecular formula is C51H72N12O8S2. The number of aromatic nitrogens is 8. The van der Waals surface area contributed by atoms with Gasteiger partial charge >= 0.3 is 0 Å². The van der Waals surface area contributed by atoms with E-state index in [1.807, 2.05) is 81.4 Å². The first-order valence-electron chi connectivity index (χ1n) is 24.8. The van der Waals surface area contributed by atoms with Gasteiger partial charge in [-0.1, -0.05) is 0 Å². The number of hydrogen-bond acceptors (Lipinski definition) is 22. The standard InChI is InChI=1S/C27H38N6O4S.C24H34N6O4S/c1-13(12-35-8)29-25-30-14(2)19(24-32-20-15(3)28-10-9-18(20)38-24)23(33-25)31-17-11-16(26(4,5)34)21-22(17)37-27(6,7)36-21;1-11(10-34-6)26-23-27-12(2)17(22-29-18-13(3)25-8-7-16(18)35-22)21(30-23)28-15-9-14(24(4,5)33)19(31)20(15)32/h9-10,13,16-17,21-22,34H,11-12H2,1-8H3,(H2,29,30,31,33);7-8,11,14-15,19-20,31-33H,9-10H2,1-6H3,(H2,26,27,28,30)/t13-,16+,17-,21-,22+;11-,14+,15-,19-,20+/m11/s1. The first kappa shape index (κ1) is 54.4. The molecule has 10 atom stereocenters. The van der Waals surface area contributed by atoms with Crippen molar-refractivity contribution in [3.8, 4) is 21.1 Å². The zero-order valence-corrected chi connectivity index (χ0v) is 45.9. The number of ether oxygens (including phenoxy) is 4. The molecule has 3 fully saturated rings. The summed E-state index contributed by atoms with van der Waals surface area (Å²) in [5.74, 6) is 0.776. The lowest BCUT2D eigenvalue weighted by molar-refractivity contribution is -0.166. The summed E-state index contributed by atoms with van der Waals surface area (Å²) in [6, 6.07) is 3.27. The quantitative estimate of drug-likeness (QED) is 0.0495. The molecule has 1 aliphatic heterocycles. The minimum absolute atomic E-state index is 0.0206. The Morgan fingerprint density at radius 3 is 1.51 bits per heavy atom. The number of aliphatic hydroxyl groups is 4. The number of pyridine rings is 2. The van der Waals surface area contributed by atoms with Gasteiger partial charge < -0.3 is 60.6 Å². The van der Waals surface area contributed by atoms with E-state index in [4.69, 9.17) is 43.9 Å². The van der Waals surface area contributed by atoms with Crippen molar-refractivity contribution < 1.29 is 39.4 Å². The second kappa shape index (κ2) is 21.4. The summed E-state index contributed by atoms with van der Waals surface area (Å²) in [4.78, 5) is 37.6. The predicted octanol–water partition coefficient (Wildman–Crippen LogP) is 6.81. The van der Waals surface area contributed by atoms with Crippen molar-refractivity contribution in [3.63, 3.8) is 0 Å². The van der Waals surface area contributed by atoms with Crippen molar-refractivity contribution in [1.29, 1.82) is 0 Å². The van der Waals surface area contributed by atoms with E-state index in [9.17, 15) is 20.4 Å². The van der Waals surface area contributed by atoms with E-state index in [-0.39, 0.29) is 36.3 Å². The molecule has 6 aromatic rings. The molecule has 20 nitrogen and oxygen atoms in total. The zero-order valence-electron chi connectivity index (χ0n) is 44.2. The van der Waals surface area contributed by atoms with E-state index in [1.54, 1.807) is 51.8 Å². The van der Waals surface area contributed by atoms with Crippen molar-refractivity contribution in [1.82, 2.24) is 39.9 Å².